The fraction of sp³-hybridized carbons (Fsp3) is 0.345. The predicted octanol–water partition coefficient (Wildman–Crippen LogP) is 6.72. The van der Waals surface area contributed by atoms with Crippen LogP contribution in [0.1, 0.15) is 38.3 Å². The highest BCUT2D eigenvalue weighted by molar-refractivity contribution is 5.93. The summed E-state index contributed by atoms with van der Waals surface area (Å²) in [6.45, 7) is 2.45. The molecule has 5 nitrogen and oxygen atoms in total. The number of hydrogen-bond donors (Lipinski definition) is 1. The Kier molecular flexibility index (Phi) is 4.76. The Morgan fingerprint density at radius 1 is 1.00 bits per heavy atom. The van der Waals surface area contributed by atoms with E-state index >= 15 is 0 Å². The van der Waals surface area contributed by atoms with E-state index in [0.29, 0.717) is 22.8 Å². The first kappa shape index (κ1) is 20.8. The van der Waals surface area contributed by atoms with Gasteiger partial charge in [-0.05, 0) is 80.0 Å². The molecule has 2 atom stereocenters. The summed E-state index contributed by atoms with van der Waals surface area (Å²) < 4.78 is 16.2. The maximum atomic E-state index is 14.1. The molecule has 0 amide bonds. The van der Waals surface area contributed by atoms with Gasteiger partial charge in [0.1, 0.15) is 17.1 Å². The SMILES string of the molecule is CC1C2CCC(CC2)C1Cc1nc(-c2c[nH]c3ncc(F)cc23)nc2c1ccn2-c1ccccc1. The molecule has 3 aliphatic carbocycles. The number of H-pyrrole nitrogens is 1. The summed E-state index contributed by atoms with van der Waals surface area (Å²) in [5, 5.41) is 1.81. The lowest BCUT2D eigenvalue weighted by Gasteiger charge is -2.47. The van der Waals surface area contributed by atoms with Gasteiger partial charge in [0.2, 0.25) is 0 Å². The summed E-state index contributed by atoms with van der Waals surface area (Å²) in [6, 6.07) is 14.0. The largest absolute Gasteiger partial charge is 0.345 e. The summed E-state index contributed by atoms with van der Waals surface area (Å²) >= 11 is 0. The maximum absolute atomic E-state index is 14.1. The smallest absolute Gasteiger partial charge is 0.164 e. The zero-order valence-corrected chi connectivity index (χ0v) is 19.8. The van der Waals surface area contributed by atoms with Crippen LogP contribution in [0, 0.1) is 29.5 Å². The summed E-state index contributed by atoms with van der Waals surface area (Å²) in [5.74, 6) is 3.26. The zero-order valence-electron chi connectivity index (χ0n) is 19.8. The molecule has 2 unspecified atom stereocenters. The van der Waals surface area contributed by atoms with Crippen LogP contribution in [0.15, 0.2) is 61.1 Å². The standard InChI is InChI=1S/C29H28FN5/c1-17-18-7-9-19(10-8-18)23(17)14-26-22-11-12-35(21-5-3-2-4-6-21)29(22)34-28(33-26)25-16-32-27-24(25)13-20(30)15-31-27/h2-6,11-13,15-19,23H,7-10,14H2,1H3,(H,31,32). The van der Waals surface area contributed by atoms with Crippen molar-refractivity contribution in [2.75, 3.05) is 0 Å². The molecule has 1 N–H and O–H groups in total. The van der Waals surface area contributed by atoms with Crippen molar-refractivity contribution in [3.05, 3.63) is 72.6 Å². The fourth-order valence-electron chi connectivity index (χ4n) is 6.77. The number of aromatic nitrogens is 5. The van der Waals surface area contributed by atoms with Gasteiger partial charge in [0.15, 0.2) is 5.82 Å². The Bertz CT molecular complexity index is 1530. The molecule has 3 saturated carbocycles. The Morgan fingerprint density at radius 3 is 2.60 bits per heavy atom. The number of para-hydroxylation sites is 1. The Labute approximate surface area is 203 Å². The van der Waals surface area contributed by atoms with Gasteiger partial charge >= 0.3 is 0 Å². The van der Waals surface area contributed by atoms with Crippen LogP contribution in [0.2, 0.25) is 0 Å². The number of nitrogens with zero attached hydrogens (tertiary/aromatic N) is 4. The van der Waals surface area contributed by atoms with E-state index in [9.17, 15) is 4.39 Å². The summed E-state index contributed by atoms with van der Waals surface area (Å²) in [5.41, 5.74) is 4.48. The third kappa shape index (κ3) is 3.38. The number of pyridine rings is 1. The monoisotopic (exact) mass is 465 g/mol. The molecule has 4 aromatic heterocycles. The summed E-state index contributed by atoms with van der Waals surface area (Å²) in [7, 11) is 0. The Morgan fingerprint density at radius 2 is 1.80 bits per heavy atom. The number of benzene rings is 1. The van der Waals surface area contributed by atoms with Gasteiger partial charge in [0.05, 0.1) is 11.9 Å². The first-order valence-corrected chi connectivity index (χ1v) is 12.7. The molecule has 4 heterocycles. The van der Waals surface area contributed by atoms with E-state index in [0.717, 1.165) is 52.2 Å². The van der Waals surface area contributed by atoms with E-state index in [2.05, 4.69) is 45.9 Å². The second-order valence-corrected chi connectivity index (χ2v) is 10.4. The minimum absolute atomic E-state index is 0.362. The molecule has 1 aromatic carbocycles. The van der Waals surface area contributed by atoms with Crippen molar-refractivity contribution in [1.29, 1.82) is 0 Å². The van der Waals surface area contributed by atoms with Gasteiger partial charge in [-0.2, -0.15) is 0 Å². The van der Waals surface area contributed by atoms with E-state index in [-0.39, 0.29) is 5.82 Å². The van der Waals surface area contributed by atoms with Crippen molar-refractivity contribution < 1.29 is 4.39 Å². The number of nitrogens with one attached hydrogen (secondary N) is 1. The fourth-order valence-corrected chi connectivity index (χ4v) is 6.77. The van der Waals surface area contributed by atoms with Crippen LogP contribution >= 0.6 is 0 Å². The highest BCUT2D eigenvalue weighted by Gasteiger charge is 2.41. The van der Waals surface area contributed by atoms with Crippen LogP contribution in [0.3, 0.4) is 0 Å². The molecular formula is C29H28FN5. The van der Waals surface area contributed by atoms with Crippen LogP contribution in [0.4, 0.5) is 4.39 Å². The normalized spacial score (nSPS) is 23.9. The number of fused-ring (bicyclic) bond motifs is 5. The lowest BCUT2D eigenvalue weighted by molar-refractivity contribution is 0.0341. The van der Waals surface area contributed by atoms with E-state index < -0.39 is 0 Å². The number of rotatable bonds is 4. The first-order chi connectivity index (χ1) is 17.2. The third-order valence-corrected chi connectivity index (χ3v) is 8.67. The minimum Gasteiger partial charge on any atom is -0.345 e. The molecule has 0 radical (unpaired) electrons. The minimum atomic E-state index is -0.362. The molecule has 0 spiro atoms. The van der Waals surface area contributed by atoms with Crippen molar-refractivity contribution in [2.45, 2.75) is 39.0 Å². The van der Waals surface area contributed by atoms with E-state index in [1.807, 2.05) is 24.4 Å². The number of hydrogen-bond acceptors (Lipinski definition) is 3. The second kappa shape index (κ2) is 8.01. The molecule has 6 heteroatoms. The molecule has 5 aromatic rings. The van der Waals surface area contributed by atoms with Crippen LogP contribution < -0.4 is 0 Å². The molecule has 35 heavy (non-hydrogen) atoms. The van der Waals surface area contributed by atoms with Crippen molar-refractivity contribution in [3.8, 4) is 17.1 Å². The van der Waals surface area contributed by atoms with Gasteiger partial charge in [-0.25, -0.2) is 19.3 Å². The van der Waals surface area contributed by atoms with Gasteiger partial charge in [-0.15, -0.1) is 0 Å². The van der Waals surface area contributed by atoms with Crippen LogP contribution in [0.5, 0.6) is 0 Å². The van der Waals surface area contributed by atoms with E-state index in [1.54, 1.807) is 0 Å². The number of aromatic amines is 1. The van der Waals surface area contributed by atoms with Crippen molar-refractivity contribution in [2.24, 2.45) is 23.7 Å². The lowest BCUT2D eigenvalue weighted by atomic mass is 9.58. The van der Waals surface area contributed by atoms with Gasteiger partial charge in [0, 0.05) is 34.4 Å². The molecule has 176 valence electrons. The molecule has 3 aliphatic rings. The first-order valence-electron chi connectivity index (χ1n) is 12.7. The van der Waals surface area contributed by atoms with Crippen molar-refractivity contribution in [3.63, 3.8) is 0 Å². The zero-order chi connectivity index (χ0) is 23.5. The molecule has 8 rings (SSSR count). The predicted molar refractivity (Wildman–Crippen MR) is 136 cm³/mol. The average molecular weight is 466 g/mol. The van der Waals surface area contributed by atoms with Gasteiger partial charge in [-0.3, -0.25) is 0 Å². The summed E-state index contributed by atoms with van der Waals surface area (Å²) in [4.78, 5) is 17.6. The molecule has 0 saturated heterocycles. The molecular weight excluding hydrogens is 437 g/mol. The third-order valence-electron chi connectivity index (χ3n) is 8.67. The van der Waals surface area contributed by atoms with E-state index in [4.69, 9.17) is 9.97 Å². The maximum Gasteiger partial charge on any atom is 0.164 e. The topological polar surface area (TPSA) is 59.4 Å². The van der Waals surface area contributed by atoms with Gasteiger partial charge in [0.25, 0.3) is 0 Å². The van der Waals surface area contributed by atoms with Crippen LogP contribution in [-0.4, -0.2) is 24.5 Å². The lowest BCUT2D eigenvalue weighted by Crippen LogP contribution is -2.39. The van der Waals surface area contributed by atoms with Gasteiger partial charge < -0.3 is 9.55 Å². The second-order valence-electron chi connectivity index (χ2n) is 10.4. The molecule has 2 bridgehead atoms. The average Bonchev–Trinajstić information content (AvgIpc) is 3.51. The van der Waals surface area contributed by atoms with Crippen LogP contribution in [-0.2, 0) is 6.42 Å². The molecule has 3 fully saturated rings. The Hall–Kier alpha value is -3.54. The number of halogens is 1. The quantitative estimate of drug-likeness (QED) is 0.321. The highest BCUT2D eigenvalue weighted by atomic mass is 19.1. The summed E-state index contributed by atoms with van der Waals surface area (Å²) in [6.07, 6.45) is 11.6. The Balaban J connectivity index is 1.41. The highest BCUT2D eigenvalue weighted by Crippen LogP contribution is 2.50. The van der Waals surface area contributed by atoms with E-state index in [1.165, 1.54) is 37.9 Å². The van der Waals surface area contributed by atoms with Crippen LogP contribution in [0.25, 0.3) is 39.1 Å². The van der Waals surface area contributed by atoms with Crippen molar-refractivity contribution in [1.82, 2.24) is 24.5 Å². The molecule has 0 aliphatic heterocycles. The van der Waals surface area contributed by atoms with Gasteiger partial charge in [-0.1, -0.05) is 25.1 Å². The van der Waals surface area contributed by atoms with Crippen molar-refractivity contribution >= 4 is 22.1 Å².